The van der Waals surface area contributed by atoms with E-state index in [-0.39, 0.29) is 36.9 Å². The summed E-state index contributed by atoms with van der Waals surface area (Å²) < 4.78 is 15.7. The lowest BCUT2D eigenvalue weighted by Crippen LogP contribution is -2.59. The number of oxime groups is 1. The Morgan fingerprint density at radius 1 is 1.05 bits per heavy atom. The molecule has 0 atom stereocenters. The number of hydrogen-bond donors (Lipinski definition) is 1. The number of carbonyl (C=O) groups excluding carboxylic acids is 5. The summed E-state index contributed by atoms with van der Waals surface area (Å²) in [6.07, 6.45) is -1.02. The molecule has 0 saturated carbocycles. The van der Waals surface area contributed by atoms with Crippen LogP contribution in [0.2, 0.25) is 0 Å². The van der Waals surface area contributed by atoms with Crippen molar-refractivity contribution < 1.29 is 47.9 Å². The highest BCUT2D eigenvalue weighted by Crippen LogP contribution is 2.27. The van der Waals surface area contributed by atoms with Gasteiger partial charge in [0.25, 0.3) is 17.4 Å². The van der Waals surface area contributed by atoms with Crippen LogP contribution in [-0.4, -0.2) is 75.6 Å². The van der Waals surface area contributed by atoms with Crippen LogP contribution in [0.5, 0.6) is 0 Å². The predicted octanol–water partition coefficient (Wildman–Crippen LogP) is 1.93. The summed E-state index contributed by atoms with van der Waals surface area (Å²) in [6, 6.07) is 0. The molecule has 15 heteroatoms. The Labute approximate surface area is 216 Å². The number of ether oxygens (including phenoxy) is 3. The van der Waals surface area contributed by atoms with E-state index in [4.69, 9.17) is 23.9 Å². The van der Waals surface area contributed by atoms with E-state index >= 15 is 0 Å². The van der Waals surface area contributed by atoms with Gasteiger partial charge >= 0.3 is 18.0 Å². The van der Waals surface area contributed by atoms with Gasteiger partial charge in [0.1, 0.15) is 30.1 Å². The molecular weight excluding hydrogens is 512 g/mol. The second-order valence-corrected chi connectivity index (χ2v) is 11.0. The van der Waals surface area contributed by atoms with Crippen molar-refractivity contribution in [3.05, 3.63) is 11.1 Å². The minimum Gasteiger partial charge on any atom is -0.457 e. The Morgan fingerprint density at radius 3 is 2.16 bits per heavy atom. The minimum atomic E-state index is -1.63. The summed E-state index contributed by atoms with van der Waals surface area (Å²) in [5.41, 5.74) is -3.92. The lowest BCUT2D eigenvalue weighted by Gasteiger charge is -2.37. The maximum Gasteiger partial charge on any atom is 0.413 e. The second kappa shape index (κ2) is 10.4. The van der Waals surface area contributed by atoms with E-state index in [1.165, 1.54) is 5.38 Å². The van der Waals surface area contributed by atoms with Gasteiger partial charge in [-0.15, -0.1) is 16.4 Å². The average molecular weight is 541 g/mol. The molecule has 3 amide bonds. The van der Waals surface area contributed by atoms with Gasteiger partial charge < -0.3 is 23.9 Å². The van der Waals surface area contributed by atoms with Crippen LogP contribution < -0.4 is 5.32 Å². The normalized spacial score (nSPS) is 17.7. The molecule has 0 radical (unpaired) electrons. The van der Waals surface area contributed by atoms with Crippen molar-refractivity contribution in [1.82, 2.24) is 10.0 Å². The number of anilines is 1. The van der Waals surface area contributed by atoms with E-state index in [1.807, 2.05) is 0 Å². The molecule has 0 aliphatic carbocycles. The maximum absolute atomic E-state index is 13.0. The molecule has 1 aromatic rings. The quantitative estimate of drug-likeness (QED) is 0.232. The first kappa shape index (κ1) is 28.0. The third kappa shape index (κ3) is 7.22. The molecule has 3 rings (SSSR count). The van der Waals surface area contributed by atoms with Crippen molar-refractivity contribution >= 4 is 52.0 Å². The molecule has 2 saturated heterocycles. The van der Waals surface area contributed by atoms with Gasteiger partial charge in [0.2, 0.25) is 5.71 Å². The smallest absolute Gasteiger partial charge is 0.413 e. The molecule has 14 nitrogen and oxygen atoms in total. The fraction of sp³-hybridized carbons (Fsp3) is 0.591. The van der Waals surface area contributed by atoms with Crippen molar-refractivity contribution in [2.24, 2.45) is 5.16 Å². The van der Waals surface area contributed by atoms with Gasteiger partial charge in [-0.05, 0) is 41.5 Å². The van der Waals surface area contributed by atoms with Gasteiger partial charge in [-0.25, -0.2) is 19.4 Å². The zero-order valence-electron chi connectivity index (χ0n) is 21.2. The van der Waals surface area contributed by atoms with Gasteiger partial charge in [0, 0.05) is 18.2 Å². The SMILES string of the molecule is CC(C)(C)OC(=O)Nc1nc(/C(=N/OC2(C(=O)OC(C)(C)C)COC2)C(=O)ON2C(=O)CCC2=O)cs1. The molecule has 0 unspecified atom stereocenters. The van der Waals surface area contributed by atoms with E-state index in [0.29, 0.717) is 5.06 Å². The first-order valence-electron chi connectivity index (χ1n) is 11.2. The molecule has 2 aliphatic heterocycles. The number of amides is 3. The number of hydroxylamine groups is 2. The summed E-state index contributed by atoms with van der Waals surface area (Å²) in [5.74, 6) is -3.43. The molecule has 1 aromatic heterocycles. The molecule has 1 N–H and O–H groups in total. The average Bonchev–Trinajstić information content (AvgIpc) is 3.28. The summed E-state index contributed by atoms with van der Waals surface area (Å²) in [4.78, 5) is 76.1. The number of rotatable bonds is 7. The molecule has 37 heavy (non-hydrogen) atoms. The van der Waals surface area contributed by atoms with E-state index in [1.54, 1.807) is 41.5 Å². The number of aromatic nitrogens is 1. The third-order valence-corrected chi connectivity index (χ3v) is 5.24. The van der Waals surface area contributed by atoms with Gasteiger partial charge in [0.05, 0.1) is 0 Å². The van der Waals surface area contributed by atoms with Gasteiger partial charge in [-0.1, -0.05) is 5.16 Å². The van der Waals surface area contributed by atoms with E-state index in [2.05, 4.69) is 15.5 Å². The summed E-state index contributed by atoms with van der Waals surface area (Å²) in [6.45, 7) is 9.67. The van der Waals surface area contributed by atoms with Gasteiger partial charge in [-0.2, -0.15) is 0 Å². The molecule has 0 spiro atoms. The number of thiazole rings is 1. The monoisotopic (exact) mass is 540 g/mol. The molecule has 2 aliphatic rings. The largest absolute Gasteiger partial charge is 0.457 e. The van der Waals surface area contributed by atoms with Crippen molar-refractivity contribution in [3.8, 4) is 0 Å². The van der Waals surface area contributed by atoms with Crippen LogP contribution in [0.15, 0.2) is 10.5 Å². The standard InChI is InChI=1S/C22H28N4O10S/c1-20(2,3)33-17(30)22(10-32-11-22)36-25-15(16(29)35-26-13(27)7-8-14(26)28)12-9-37-18(23-12)24-19(31)34-21(4,5)6/h9H,7-8,10-11H2,1-6H3,(H,23,24,31)/b25-15-. The first-order valence-corrected chi connectivity index (χ1v) is 12.1. The third-order valence-electron chi connectivity index (χ3n) is 4.48. The number of nitrogens with zero attached hydrogens (tertiary/aromatic N) is 3. The lowest BCUT2D eigenvalue weighted by molar-refractivity contribution is -0.236. The van der Waals surface area contributed by atoms with Gasteiger partial charge in [-0.3, -0.25) is 14.9 Å². The zero-order valence-corrected chi connectivity index (χ0v) is 22.1. The van der Waals surface area contributed by atoms with Crippen molar-refractivity contribution in [2.45, 2.75) is 71.2 Å². The van der Waals surface area contributed by atoms with Crippen molar-refractivity contribution in [3.63, 3.8) is 0 Å². The van der Waals surface area contributed by atoms with Crippen LogP contribution in [0.3, 0.4) is 0 Å². The van der Waals surface area contributed by atoms with E-state index in [0.717, 1.165) is 11.3 Å². The minimum absolute atomic E-state index is 0.0481. The predicted molar refractivity (Wildman–Crippen MR) is 126 cm³/mol. The topological polar surface area (TPSA) is 172 Å². The number of carbonyl (C=O) groups is 5. The van der Waals surface area contributed by atoms with Crippen LogP contribution in [0.25, 0.3) is 0 Å². The summed E-state index contributed by atoms with van der Waals surface area (Å²) in [5, 5.41) is 7.95. The molecular formula is C22H28N4O10S. The fourth-order valence-corrected chi connectivity index (χ4v) is 3.48. The molecule has 2 fully saturated rings. The molecule has 3 heterocycles. The highest BCUT2D eigenvalue weighted by Gasteiger charge is 2.52. The number of nitrogens with one attached hydrogen (secondary N) is 1. The maximum atomic E-state index is 13.0. The van der Waals surface area contributed by atoms with Crippen molar-refractivity contribution in [1.29, 1.82) is 0 Å². The second-order valence-electron chi connectivity index (χ2n) is 10.1. The van der Waals surface area contributed by atoms with E-state index in [9.17, 15) is 24.0 Å². The van der Waals surface area contributed by atoms with Crippen LogP contribution in [0.4, 0.5) is 9.93 Å². The van der Waals surface area contributed by atoms with Crippen LogP contribution in [0, 0.1) is 0 Å². The highest BCUT2D eigenvalue weighted by atomic mass is 32.1. The Balaban J connectivity index is 1.86. The summed E-state index contributed by atoms with van der Waals surface area (Å²) >= 11 is 0.930. The highest BCUT2D eigenvalue weighted by molar-refractivity contribution is 7.14. The number of hydrogen-bond acceptors (Lipinski definition) is 13. The molecule has 0 bridgehead atoms. The lowest BCUT2D eigenvalue weighted by atomic mass is 10.0. The Hall–Kier alpha value is -3.59. The Morgan fingerprint density at radius 2 is 1.65 bits per heavy atom. The number of esters is 1. The molecule has 202 valence electrons. The molecule has 0 aromatic carbocycles. The first-order chi connectivity index (χ1) is 17.1. The van der Waals surface area contributed by atoms with Crippen molar-refractivity contribution in [2.75, 3.05) is 18.5 Å². The zero-order chi connectivity index (χ0) is 27.6. The van der Waals surface area contributed by atoms with Crippen LogP contribution >= 0.6 is 11.3 Å². The van der Waals surface area contributed by atoms with Crippen LogP contribution in [0.1, 0.15) is 60.1 Å². The van der Waals surface area contributed by atoms with Crippen LogP contribution in [-0.2, 0) is 43.1 Å². The van der Waals surface area contributed by atoms with Gasteiger partial charge in [0.15, 0.2) is 5.13 Å². The fourth-order valence-electron chi connectivity index (χ4n) is 2.80. The summed E-state index contributed by atoms with van der Waals surface area (Å²) in [7, 11) is 0. The Bertz CT molecular complexity index is 1110. The number of imide groups is 1. The Kier molecular flexibility index (Phi) is 7.88. The van der Waals surface area contributed by atoms with E-state index < -0.39 is 52.4 Å².